The van der Waals surface area contributed by atoms with Crippen LogP contribution < -0.4 is 16.2 Å². The molecule has 0 saturated heterocycles. The molecular formula is C18H14ClFN6O3. The average Bonchev–Trinajstić information content (AvgIpc) is 2.70. The first-order chi connectivity index (χ1) is 13.9. The Bertz CT molecular complexity index is 1080. The van der Waals surface area contributed by atoms with E-state index in [4.69, 9.17) is 11.6 Å². The second kappa shape index (κ2) is 8.48. The lowest BCUT2D eigenvalue weighted by Gasteiger charge is -2.12. The SMILES string of the molecule is Cc1c(Cl)cccc1Nc1ncnc(NNC(=O)c2ccc(F)cc2)c1[N+](=O)[O-]. The number of amides is 1. The highest BCUT2D eigenvalue weighted by molar-refractivity contribution is 6.31. The molecule has 0 spiro atoms. The van der Waals surface area contributed by atoms with Gasteiger partial charge in [0, 0.05) is 16.3 Å². The van der Waals surface area contributed by atoms with Crippen LogP contribution >= 0.6 is 11.6 Å². The van der Waals surface area contributed by atoms with Crippen LogP contribution in [0.3, 0.4) is 0 Å². The van der Waals surface area contributed by atoms with Crippen LogP contribution in [0.5, 0.6) is 0 Å². The summed E-state index contributed by atoms with van der Waals surface area (Å²) in [6, 6.07) is 9.86. The average molecular weight is 417 g/mol. The largest absolute Gasteiger partial charge is 0.355 e. The zero-order chi connectivity index (χ0) is 21.0. The van der Waals surface area contributed by atoms with E-state index in [2.05, 4.69) is 26.1 Å². The maximum Gasteiger partial charge on any atom is 0.355 e. The molecule has 0 bridgehead atoms. The molecule has 2 aromatic carbocycles. The van der Waals surface area contributed by atoms with Gasteiger partial charge < -0.3 is 5.32 Å². The molecule has 0 radical (unpaired) electrons. The van der Waals surface area contributed by atoms with E-state index in [1.165, 1.54) is 12.1 Å². The molecule has 0 fully saturated rings. The normalized spacial score (nSPS) is 10.3. The molecule has 3 rings (SSSR count). The van der Waals surface area contributed by atoms with Crippen molar-refractivity contribution in [3.05, 3.63) is 80.9 Å². The zero-order valence-electron chi connectivity index (χ0n) is 14.9. The van der Waals surface area contributed by atoms with Gasteiger partial charge in [0.25, 0.3) is 5.91 Å². The predicted octanol–water partition coefficient (Wildman–Crippen LogP) is 3.99. The second-order valence-corrected chi connectivity index (χ2v) is 6.21. The minimum Gasteiger partial charge on any atom is -0.334 e. The maximum atomic E-state index is 13.0. The van der Waals surface area contributed by atoms with E-state index in [0.29, 0.717) is 16.3 Å². The highest BCUT2D eigenvalue weighted by Crippen LogP contribution is 2.33. The fourth-order valence-electron chi connectivity index (χ4n) is 2.39. The fraction of sp³-hybridized carbons (Fsp3) is 0.0556. The van der Waals surface area contributed by atoms with Gasteiger partial charge in [0.15, 0.2) is 0 Å². The molecular weight excluding hydrogens is 403 g/mol. The molecule has 0 aliphatic heterocycles. The summed E-state index contributed by atoms with van der Waals surface area (Å²) in [6.07, 6.45) is 1.10. The highest BCUT2D eigenvalue weighted by atomic mass is 35.5. The van der Waals surface area contributed by atoms with Crippen LogP contribution in [-0.2, 0) is 0 Å². The number of carbonyl (C=O) groups excluding carboxylic acids is 1. The van der Waals surface area contributed by atoms with Crippen LogP contribution in [-0.4, -0.2) is 20.8 Å². The Morgan fingerprint density at radius 1 is 1.14 bits per heavy atom. The molecule has 148 valence electrons. The van der Waals surface area contributed by atoms with E-state index >= 15 is 0 Å². The highest BCUT2D eigenvalue weighted by Gasteiger charge is 2.24. The number of anilines is 3. The lowest BCUT2D eigenvalue weighted by Crippen LogP contribution is -2.30. The fourth-order valence-corrected chi connectivity index (χ4v) is 2.57. The summed E-state index contributed by atoms with van der Waals surface area (Å²) >= 11 is 6.08. The number of hydrogen-bond acceptors (Lipinski definition) is 7. The van der Waals surface area contributed by atoms with Crippen molar-refractivity contribution in [1.82, 2.24) is 15.4 Å². The lowest BCUT2D eigenvalue weighted by molar-refractivity contribution is -0.383. The van der Waals surface area contributed by atoms with E-state index in [-0.39, 0.29) is 17.2 Å². The summed E-state index contributed by atoms with van der Waals surface area (Å²) in [5.74, 6) is -1.44. The van der Waals surface area contributed by atoms with E-state index in [9.17, 15) is 19.3 Å². The van der Waals surface area contributed by atoms with Gasteiger partial charge in [-0.1, -0.05) is 17.7 Å². The van der Waals surface area contributed by atoms with Crippen molar-refractivity contribution >= 4 is 40.5 Å². The summed E-state index contributed by atoms with van der Waals surface area (Å²) in [6.45, 7) is 1.75. The molecule has 11 heteroatoms. The van der Waals surface area contributed by atoms with Crippen LogP contribution in [0.2, 0.25) is 5.02 Å². The summed E-state index contributed by atoms with van der Waals surface area (Å²) < 4.78 is 13.0. The van der Waals surface area contributed by atoms with E-state index in [1.54, 1.807) is 25.1 Å². The van der Waals surface area contributed by atoms with E-state index in [0.717, 1.165) is 18.5 Å². The van der Waals surface area contributed by atoms with Gasteiger partial charge in [-0.2, -0.15) is 0 Å². The van der Waals surface area contributed by atoms with Crippen molar-refractivity contribution in [2.45, 2.75) is 6.92 Å². The van der Waals surface area contributed by atoms with Gasteiger partial charge in [0.05, 0.1) is 4.92 Å². The van der Waals surface area contributed by atoms with E-state index in [1.807, 2.05) is 0 Å². The molecule has 29 heavy (non-hydrogen) atoms. The smallest absolute Gasteiger partial charge is 0.334 e. The number of halogens is 2. The van der Waals surface area contributed by atoms with Crippen molar-refractivity contribution in [3.63, 3.8) is 0 Å². The monoisotopic (exact) mass is 416 g/mol. The maximum absolute atomic E-state index is 13.0. The van der Waals surface area contributed by atoms with Crippen LogP contribution in [0, 0.1) is 22.9 Å². The quantitative estimate of drug-likeness (QED) is 0.410. The summed E-state index contributed by atoms with van der Waals surface area (Å²) in [4.78, 5) is 30.8. The topological polar surface area (TPSA) is 122 Å². The minimum absolute atomic E-state index is 0.0890. The van der Waals surface area contributed by atoms with Crippen LogP contribution in [0.25, 0.3) is 0 Å². The number of nitrogens with zero attached hydrogens (tertiary/aromatic N) is 3. The van der Waals surface area contributed by atoms with Crippen molar-refractivity contribution in [2.75, 3.05) is 10.7 Å². The predicted molar refractivity (Wildman–Crippen MR) is 106 cm³/mol. The summed E-state index contributed by atoms with van der Waals surface area (Å²) in [5, 5.41) is 14.9. The number of aromatic nitrogens is 2. The molecule has 0 unspecified atom stereocenters. The number of benzene rings is 2. The number of rotatable bonds is 6. The number of carbonyl (C=O) groups is 1. The Hall–Kier alpha value is -3.79. The van der Waals surface area contributed by atoms with Gasteiger partial charge >= 0.3 is 5.69 Å². The number of hydrogen-bond donors (Lipinski definition) is 3. The molecule has 1 amide bonds. The van der Waals surface area contributed by atoms with Gasteiger partial charge in [0.2, 0.25) is 11.6 Å². The third-order valence-electron chi connectivity index (χ3n) is 3.93. The Kier molecular flexibility index (Phi) is 5.84. The van der Waals surface area contributed by atoms with E-state index < -0.39 is 22.3 Å². The molecule has 1 heterocycles. The van der Waals surface area contributed by atoms with Crippen molar-refractivity contribution in [2.24, 2.45) is 0 Å². The third kappa shape index (κ3) is 4.55. The molecule has 9 nitrogen and oxygen atoms in total. The lowest BCUT2D eigenvalue weighted by atomic mass is 10.2. The van der Waals surface area contributed by atoms with Gasteiger partial charge in [-0.25, -0.2) is 14.4 Å². The van der Waals surface area contributed by atoms with Gasteiger partial charge in [-0.15, -0.1) is 0 Å². The second-order valence-electron chi connectivity index (χ2n) is 5.80. The van der Waals surface area contributed by atoms with Crippen molar-refractivity contribution < 1.29 is 14.1 Å². The molecule has 0 atom stereocenters. The Balaban J connectivity index is 1.85. The first-order valence-corrected chi connectivity index (χ1v) is 8.58. The van der Waals surface area contributed by atoms with Gasteiger partial charge in [-0.3, -0.25) is 25.8 Å². The van der Waals surface area contributed by atoms with Gasteiger partial charge in [0.1, 0.15) is 12.1 Å². The number of nitro groups is 1. The molecule has 0 saturated carbocycles. The minimum atomic E-state index is -0.686. The molecule has 0 aliphatic carbocycles. The van der Waals surface area contributed by atoms with Crippen molar-refractivity contribution in [1.29, 1.82) is 0 Å². The zero-order valence-corrected chi connectivity index (χ0v) is 15.7. The third-order valence-corrected chi connectivity index (χ3v) is 4.34. The Morgan fingerprint density at radius 2 is 1.83 bits per heavy atom. The van der Waals surface area contributed by atoms with Crippen LogP contribution in [0.4, 0.5) is 27.4 Å². The first-order valence-electron chi connectivity index (χ1n) is 8.20. The molecule has 1 aromatic heterocycles. The summed E-state index contributed by atoms with van der Waals surface area (Å²) in [7, 11) is 0. The van der Waals surface area contributed by atoms with Crippen LogP contribution in [0.1, 0.15) is 15.9 Å². The Morgan fingerprint density at radius 3 is 2.52 bits per heavy atom. The number of nitrogens with one attached hydrogen (secondary N) is 3. The molecule has 3 aromatic rings. The molecule has 0 aliphatic rings. The van der Waals surface area contributed by atoms with Crippen LogP contribution in [0.15, 0.2) is 48.8 Å². The Labute approximate surface area is 169 Å². The molecule has 3 N–H and O–H groups in total. The van der Waals surface area contributed by atoms with Crippen molar-refractivity contribution in [3.8, 4) is 0 Å². The van der Waals surface area contributed by atoms with Gasteiger partial charge in [-0.05, 0) is 48.9 Å². The standard InChI is InChI=1S/C18H14ClFN6O3/c1-10-13(19)3-2-4-14(10)23-16-15(26(28)29)17(22-9-21-16)24-25-18(27)11-5-7-12(20)8-6-11/h2-9H,1H3,(H,25,27)(H2,21,22,23,24). The first kappa shape index (κ1) is 20.0. The number of hydrazine groups is 1. The summed E-state index contributed by atoms with van der Waals surface area (Å²) in [5.41, 5.74) is 5.58.